The van der Waals surface area contributed by atoms with E-state index in [9.17, 15) is 59.4 Å². The third-order valence-electron chi connectivity index (χ3n) is 16.7. The van der Waals surface area contributed by atoms with Crippen molar-refractivity contribution in [1.29, 1.82) is 0 Å². The molecule has 0 aromatic carbocycles. The lowest BCUT2D eigenvalue weighted by atomic mass is 9.78. The first-order valence-corrected chi connectivity index (χ1v) is 28.1. The van der Waals surface area contributed by atoms with Gasteiger partial charge in [-0.3, -0.25) is 19.2 Å². The molecule has 4 heterocycles. The molecular formula is C58H89NO20. The Balaban J connectivity index is 1.54. The molecule has 20 atom stereocenters. The first-order valence-electron chi connectivity index (χ1n) is 28.1. The minimum atomic E-state index is -2.50. The number of esters is 1. The number of hydrogen-bond acceptors (Lipinski definition) is 20. The van der Waals surface area contributed by atoms with Crippen molar-refractivity contribution in [2.24, 2.45) is 35.5 Å². The zero-order chi connectivity index (χ0) is 58.5. The van der Waals surface area contributed by atoms with Crippen molar-refractivity contribution in [2.45, 2.75) is 211 Å². The van der Waals surface area contributed by atoms with Crippen LogP contribution in [0.5, 0.6) is 0 Å². The van der Waals surface area contributed by atoms with Gasteiger partial charge in [0.15, 0.2) is 18.0 Å². The van der Waals surface area contributed by atoms with Crippen LogP contribution in [-0.2, 0) is 61.9 Å². The lowest BCUT2D eigenvalue weighted by Gasteiger charge is -2.42. The molecule has 1 aliphatic carbocycles. The average molecular weight is 1120 g/mol. The monoisotopic (exact) mass is 1120 g/mol. The number of carbonyl (C=O) groups excluding carboxylic acids is 6. The molecule has 0 spiro atoms. The first-order chi connectivity index (χ1) is 37.4. The van der Waals surface area contributed by atoms with Gasteiger partial charge < -0.3 is 73.4 Å². The van der Waals surface area contributed by atoms with E-state index in [2.05, 4.69) is 0 Å². The lowest BCUT2D eigenvalue weighted by molar-refractivity contribution is -0.289. The second-order valence-electron chi connectivity index (χ2n) is 22.7. The van der Waals surface area contributed by atoms with Gasteiger partial charge in [-0.2, -0.15) is 0 Å². The summed E-state index contributed by atoms with van der Waals surface area (Å²) in [4.78, 5) is 87.2. The van der Waals surface area contributed by atoms with Gasteiger partial charge in [0, 0.05) is 58.5 Å². The Morgan fingerprint density at radius 3 is 2.20 bits per heavy atom. The molecule has 79 heavy (non-hydrogen) atoms. The summed E-state index contributed by atoms with van der Waals surface area (Å²) >= 11 is 0. The van der Waals surface area contributed by atoms with E-state index < -0.39 is 151 Å². The maximum absolute atomic E-state index is 14.6. The highest BCUT2D eigenvalue weighted by Gasteiger charge is 2.53. The first kappa shape index (κ1) is 65.5. The zero-order valence-corrected chi connectivity index (χ0v) is 47.7. The van der Waals surface area contributed by atoms with Crippen molar-refractivity contribution in [1.82, 2.24) is 4.90 Å². The quantitative estimate of drug-likeness (QED) is 0.107. The van der Waals surface area contributed by atoms with Gasteiger partial charge in [-0.15, -0.1) is 0 Å². The van der Waals surface area contributed by atoms with Crippen molar-refractivity contribution in [2.75, 3.05) is 34.5 Å². The molecule has 446 valence electrons. The number of aliphatic hydroxyl groups is 6. The standard InChI is InChI=1S/C58H89NO20/c1-31-16-12-11-13-17-32(2)43(72-8)28-39-21-19-37(7)58(71,79-39)53(67)54(68)59-23-15-14-18-40(59)55(69)75-44(34(4)26-38-20-22-41(61)45(27-38)73-9)29-42(62)33(3)25-36(6)51(52(74-10)47(63)35(5)24-31)77-57(70)78-56-50(66)49(65)48(64)46(30-60)76-56/h11-13,16-17,25,31,33-35,37-41,43-46,48-52,56,60-61,64-66,71H,14-15,18-24,26-30H2,1-10H3/b13-11+,16-12-,32-17+,36-25+/t31-,33-,34-,35-,37-,38?,39+,40?,41-,43+,44+,45-,46-,48-,49+,50-,51-,52+,56+,58-/m1/s1. The summed E-state index contributed by atoms with van der Waals surface area (Å²) in [5, 5.41) is 63.7. The lowest BCUT2D eigenvalue weighted by Crippen LogP contribution is -2.61. The number of rotatable bonds is 9. The Morgan fingerprint density at radius 2 is 1.53 bits per heavy atom. The largest absolute Gasteiger partial charge is 0.511 e. The number of amides is 1. The molecule has 0 aromatic heterocycles. The molecule has 0 radical (unpaired) electrons. The molecule has 1 saturated carbocycles. The highest BCUT2D eigenvalue weighted by atomic mass is 16.8. The van der Waals surface area contributed by atoms with Crippen LogP contribution in [0.3, 0.4) is 0 Å². The van der Waals surface area contributed by atoms with Crippen LogP contribution in [-0.4, -0.2) is 191 Å². The van der Waals surface area contributed by atoms with Crippen molar-refractivity contribution in [3.8, 4) is 0 Å². The van der Waals surface area contributed by atoms with Crippen LogP contribution in [0.25, 0.3) is 0 Å². The molecule has 1 amide bonds. The van der Waals surface area contributed by atoms with Crippen LogP contribution in [0, 0.1) is 35.5 Å². The van der Waals surface area contributed by atoms with Gasteiger partial charge in [0.2, 0.25) is 12.1 Å². The van der Waals surface area contributed by atoms with Gasteiger partial charge >= 0.3 is 12.1 Å². The van der Waals surface area contributed by atoms with E-state index in [0.717, 1.165) is 10.5 Å². The molecular weight excluding hydrogens is 1030 g/mol. The fourth-order valence-corrected chi connectivity index (χ4v) is 11.6. The SMILES string of the molecule is CO[C@H]1C[C@@H]2CC[C@@H](C)[C@@](O)(O2)C(=O)C(=O)N2CCCCC2C(=O)O[C@H]([C@H](C)CC2CC[C@@H](O)[C@H](OC)C2)CC(=O)[C@H](C)/C=C(\C)[C@@H](OC(=O)O[C@@H]2O[C@H](CO)[C@@H](O)[C@H](O)[C@H]2O)[C@@H](OC)C(=O)[C@H](C)C[C@H](C)\C=C/C=C/C=C/1C. The minimum Gasteiger partial charge on any atom is -0.460 e. The molecule has 5 rings (SSSR count). The third-order valence-corrected chi connectivity index (χ3v) is 16.7. The molecule has 3 saturated heterocycles. The summed E-state index contributed by atoms with van der Waals surface area (Å²) in [5.74, 6) is -9.58. The van der Waals surface area contributed by atoms with Crippen molar-refractivity contribution in [3.63, 3.8) is 0 Å². The number of hydrogen-bond donors (Lipinski definition) is 6. The van der Waals surface area contributed by atoms with Crippen LogP contribution in [0.2, 0.25) is 0 Å². The topological polar surface area (TPSA) is 301 Å². The van der Waals surface area contributed by atoms with Crippen LogP contribution in [0.4, 0.5) is 4.79 Å². The molecule has 5 aliphatic rings. The molecule has 4 fully saturated rings. The summed E-state index contributed by atoms with van der Waals surface area (Å²) < 4.78 is 46.1. The van der Waals surface area contributed by atoms with Gasteiger partial charge in [-0.05, 0) is 107 Å². The molecule has 4 aliphatic heterocycles. The number of cyclic esters (lactones) is 1. The molecule has 2 unspecified atom stereocenters. The average Bonchev–Trinajstić information content (AvgIpc) is 3.46. The highest BCUT2D eigenvalue weighted by Crippen LogP contribution is 2.38. The summed E-state index contributed by atoms with van der Waals surface area (Å²) in [5.41, 5.74) is 0.980. The van der Waals surface area contributed by atoms with E-state index in [1.54, 1.807) is 20.8 Å². The number of fused-ring (bicyclic) bond motifs is 3. The van der Waals surface area contributed by atoms with E-state index in [0.29, 0.717) is 57.8 Å². The van der Waals surface area contributed by atoms with E-state index in [1.165, 1.54) is 34.3 Å². The van der Waals surface area contributed by atoms with E-state index in [4.69, 9.17) is 37.9 Å². The second-order valence-corrected chi connectivity index (χ2v) is 22.7. The highest BCUT2D eigenvalue weighted by molar-refractivity contribution is 6.39. The van der Waals surface area contributed by atoms with Gasteiger partial charge in [0.25, 0.3) is 11.7 Å². The summed E-state index contributed by atoms with van der Waals surface area (Å²) in [6.45, 7) is 11.3. The van der Waals surface area contributed by atoms with Crippen molar-refractivity contribution in [3.05, 3.63) is 47.6 Å². The Kier molecular flexibility index (Phi) is 25.0. The van der Waals surface area contributed by atoms with Crippen LogP contribution < -0.4 is 0 Å². The minimum absolute atomic E-state index is 0.0141. The van der Waals surface area contributed by atoms with Crippen molar-refractivity contribution < 1.29 is 97.3 Å². The molecule has 21 heteroatoms. The summed E-state index contributed by atoms with van der Waals surface area (Å²) in [7, 11) is 4.31. The molecule has 2 bridgehead atoms. The third kappa shape index (κ3) is 16.9. The number of nitrogens with zero attached hydrogens (tertiary/aromatic N) is 1. The number of piperidine rings is 1. The number of allylic oxidation sites excluding steroid dienone is 6. The maximum atomic E-state index is 14.6. The number of ketones is 3. The summed E-state index contributed by atoms with van der Waals surface area (Å²) in [6.07, 6.45) is -1.79. The number of methoxy groups -OCH3 is 3. The number of ether oxygens (including phenoxy) is 8. The molecule has 21 nitrogen and oxygen atoms in total. The van der Waals surface area contributed by atoms with Gasteiger partial charge in [0.05, 0.1) is 31.0 Å². The summed E-state index contributed by atoms with van der Waals surface area (Å²) in [6, 6.07) is -1.24. The van der Waals surface area contributed by atoms with E-state index >= 15 is 0 Å². The van der Waals surface area contributed by atoms with Gasteiger partial charge in [-0.1, -0.05) is 71.1 Å². The van der Waals surface area contributed by atoms with E-state index in [1.807, 2.05) is 51.2 Å². The predicted molar refractivity (Wildman–Crippen MR) is 284 cm³/mol. The van der Waals surface area contributed by atoms with E-state index in [-0.39, 0.29) is 43.2 Å². The van der Waals surface area contributed by atoms with Crippen LogP contribution in [0.1, 0.15) is 126 Å². The Bertz CT molecular complexity index is 2190. The normalized spacial score (nSPS) is 41.1. The fourth-order valence-electron chi connectivity index (χ4n) is 11.6. The fraction of sp³-hybridized carbons (Fsp3) is 0.759. The Labute approximate surface area is 464 Å². The smallest absolute Gasteiger partial charge is 0.460 e. The van der Waals surface area contributed by atoms with Crippen LogP contribution in [0.15, 0.2) is 47.6 Å². The van der Waals surface area contributed by atoms with Crippen LogP contribution >= 0.6 is 0 Å². The molecule has 6 N–H and O–H groups in total. The van der Waals surface area contributed by atoms with Crippen molar-refractivity contribution >= 4 is 35.4 Å². The number of carbonyl (C=O) groups is 6. The second kappa shape index (κ2) is 30.2. The Hall–Kier alpha value is -4.26. The van der Waals surface area contributed by atoms with Gasteiger partial charge in [-0.25, -0.2) is 9.59 Å². The number of aliphatic hydroxyl groups excluding tert-OH is 5. The maximum Gasteiger partial charge on any atom is 0.511 e. The molecule has 0 aromatic rings. The zero-order valence-electron chi connectivity index (χ0n) is 47.7. The number of Topliss-reactive ketones (excluding diaryl/α,β-unsaturated/α-hetero) is 3. The Morgan fingerprint density at radius 1 is 0.810 bits per heavy atom. The van der Waals surface area contributed by atoms with Gasteiger partial charge in [0.1, 0.15) is 42.3 Å². The predicted octanol–water partition coefficient (Wildman–Crippen LogP) is 4.14.